The topological polar surface area (TPSA) is 75.7 Å². The Morgan fingerprint density at radius 3 is 2.09 bits per heavy atom. The zero-order valence-corrected chi connectivity index (χ0v) is 11.9. The van der Waals surface area contributed by atoms with Crippen molar-refractivity contribution in [2.75, 3.05) is 0 Å². The van der Waals surface area contributed by atoms with Crippen LogP contribution in [0.15, 0.2) is 42.5 Å². The summed E-state index contributed by atoms with van der Waals surface area (Å²) in [4.78, 5) is 0. The van der Waals surface area contributed by atoms with Crippen molar-refractivity contribution in [2.24, 2.45) is 5.73 Å². The maximum absolute atomic E-state index is 12.1. The van der Waals surface area contributed by atoms with Gasteiger partial charge in [0, 0.05) is 11.6 Å². The van der Waals surface area contributed by atoms with Gasteiger partial charge in [0.25, 0.3) is 0 Å². The highest BCUT2D eigenvalue weighted by atomic mass is 35.5. The fraction of sp³-hybridized carbons (Fsp3) is 0.143. The second kappa shape index (κ2) is 6.76. The van der Waals surface area contributed by atoms with E-state index in [1.54, 1.807) is 0 Å². The lowest BCUT2D eigenvalue weighted by atomic mass is 9.98. The highest BCUT2D eigenvalue weighted by Gasteiger charge is 2.31. The maximum atomic E-state index is 12.1. The van der Waals surface area contributed by atoms with E-state index in [9.17, 15) is 23.4 Å². The number of benzene rings is 2. The van der Waals surface area contributed by atoms with Gasteiger partial charge in [-0.15, -0.1) is 25.6 Å². The molecule has 2 aromatic carbocycles. The van der Waals surface area contributed by atoms with Gasteiger partial charge in [0.2, 0.25) is 0 Å². The molecule has 0 unspecified atom stereocenters. The predicted molar refractivity (Wildman–Crippen MR) is 76.2 cm³/mol. The minimum Gasteiger partial charge on any atom is -0.508 e. The number of aromatic hydroxyl groups is 2. The van der Waals surface area contributed by atoms with Crippen LogP contribution < -0.4 is 10.5 Å². The van der Waals surface area contributed by atoms with Crippen molar-refractivity contribution >= 4 is 12.4 Å². The summed E-state index contributed by atoms with van der Waals surface area (Å²) in [6.07, 6.45) is -4.75. The Morgan fingerprint density at radius 2 is 1.59 bits per heavy atom. The Kier molecular flexibility index (Phi) is 5.51. The van der Waals surface area contributed by atoms with Gasteiger partial charge in [-0.3, -0.25) is 0 Å². The van der Waals surface area contributed by atoms with Crippen LogP contribution in [-0.4, -0.2) is 16.6 Å². The number of phenolic OH excluding ortho intramolecular Hbond substituents is 2. The third kappa shape index (κ3) is 4.44. The van der Waals surface area contributed by atoms with Crippen molar-refractivity contribution < 1.29 is 28.1 Å². The lowest BCUT2D eigenvalue weighted by molar-refractivity contribution is -0.274. The minimum absolute atomic E-state index is 0. The van der Waals surface area contributed by atoms with Crippen molar-refractivity contribution in [3.63, 3.8) is 0 Å². The summed E-state index contributed by atoms with van der Waals surface area (Å²) in [5, 5.41) is 18.9. The van der Waals surface area contributed by atoms with E-state index >= 15 is 0 Å². The van der Waals surface area contributed by atoms with Crippen LogP contribution in [0.4, 0.5) is 13.2 Å². The van der Waals surface area contributed by atoms with E-state index in [-0.39, 0.29) is 29.7 Å². The smallest absolute Gasteiger partial charge is 0.508 e. The van der Waals surface area contributed by atoms with E-state index in [0.717, 1.165) is 18.2 Å². The molecule has 2 rings (SSSR count). The van der Waals surface area contributed by atoms with Gasteiger partial charge >= 0.3 is 6.36 Å². The summed E-state index contributed by atoms with van der Waals surface area (Å²) in [6.45, 7) is 0. The number of hydrogen-bond acceptors (Lipinski definition) is 4. The van der Waals surface area contributed by atoms with Crippen LogP contribution in [0.1, 0.15) is 17.2 Å². The molecule has 0 radical (unpaired) electrons. The molecule has 0 bridgehead atoms. The quantitative estimate of drug-likeness (QED) is 0.803. The summed E-state index contributed by atoms with van der Waals surface area (Å²) >= 11 is 0. The van der Waals surface area contributed by atoms with Crippen molar-refractivity contribution in [1.82, 2.24) is 0 Å². The molecule has 2 aromatic rings. The van der Waals surface area contributed by atoms with E-state index in [2.05, 4.69) is 4.74 Å². The van der Waals surface area contributed by atoms with E-state index in [0.29, 0.717) is 11.1 Å². The molecule has 4 nitrogen and oxygen atoms in total. The van der Waals surface area contributed by atoms with Crippen molar-refractivity contribution in [3.8, 4) is 17.2 Å². The number of rotatable bonds is 3. The molecule has 0 saturated heterocycles. The second-order valence-electron chi connectivity index (χ2n) is 4.34. The molecule has 0 heterocycles. The summed E-state index contributed by atoms with van der Waals surface area (Å²) < 4.78 is 39.9. The van der Waals surface area contributed by atoms with Crippen LogP contribution >= 0.6 is 12.4 Å². The third-order valence-electron chi connectivity index (χ3n) is 2.82. The van der Waals surface area contributed by atoms with Gasteiger partial charge in [-0.2, -0.15) is 0 Å². The van der Waals surface area contributed by atoms with Crippen LogP contribution in [0.5, 0.6) is 17.2 Å². The molecule has 0 aromatic heterocycles. The number of halogens is 4. The molecular weight excluding hydrogens is 323 g/mol. The average molecular weight is 336 g/mol. The van der Waals surface area contributed by atoms with Crippen molar-refractivity contribution in [2.45, 2.75) is 12.4 Å². The normalized spacial score (nSPS) is 12.4. The van der Waals surface area contributed by atoms with Crippen LogP contribution in [-0.2, 0) is 0 Å². The highest BCUT2D eigenvalue weighted by Crippen LogP contribution is 2.31. The second-order valence-corrected chi connectivity index (χ2v) is 4.34. The fourth-order valence-electron chi connectivity index (χ4n) is 1.85. The molecule has 0 amide bonds. The van der Waals surface area contributed by atoms with Crippen molar-refractivity contribution in [1.29, 1.82) is 0 Å². The molecule has 8 heteroatoms. The van der Waals surface area contributed by atoms with Gasteiger partial charge in [0.15, 0.2) is 0 Å². The van der Waals surface area contributed by atoms with Gasteiger partial charge in [-0.05, 0) is 29.8 Å². The molecule has 4 N–H and O–H groups in total. The lowest BCUT2D eigenvalue weighted by Gasteiger charge is -2.15. The Labute approximate surface area is 130 Å². The van der Waals surface area contributed by atoms with Crippen LogP contribution in [0, 0.1) is 0 Å². The van der Waals surface area contributed by atoms with Crippen LogP contribution in [0.3, 0.4) is 0 Å². The number of phenols is 2. The SMILES string of the molecule is Cl.N[C@@H](c1ccc(OC(F)(F)F)cc1)c1ccc(O)cc1O. The zero-order valence-electron chi connectivity index (χ0n) is 11.0. The Hall–Kier alpha value is -2.12. The van der Waals surface area contributed by atoms with E-state index < -0.39 is 12.4 Å². The monoisotopic (exact) mass is 335 g/mol. The van der Waals surface area contributed by atoms with Gasteiger partial charge in [-0.1, -0.05) is 12.1 Å². The molecule has 120 valence electrons. The summed E-state index contributed by atoms with van der Waals surface area (Å²) in [7, 11) is 0. The van der Waals surface area contributed by atoms with Gasteiger partial charge in [0.05, 0.1) is 6.04 Å². The van der Waals surface area contributed by atoms with Gasteiger partial charge in [-0.25, -0.2) is 0 Å². The fourth-order valence-corrected chi connectivity index (χ4v) is 1.85. The first-order valence-electron chi connectivity index (χ1n) is 5.89. The van der Waals surface area contributed by atoms with E-state index in [1.165, 1.54) is 24.3 Å². The summed E-state index contributed by atoms with van der Waals surface area (Å²) in [5.74, 6) is -0.663. The third-order valence-corrected chi connectivity index (χ3v) is 2.82. The Bertz CT molecular complexity index is 632. The van der Waals surface area contributed by atoms with Crippen LogP contribution in [0.2, 0.25) is 0 Å². The molecule has 1 atom stereocenters. The molecule has 0 saturated carbocycles. The van der Waals surface area contributed by atoms with E-state index in [1.807, 2.05) is 0 Å². The molecule has 0 spiro atoms. The number of hydrogen-bond donors (Lipinski definition) is 3. The van der Waals surface area contributed by atoms with Crippen LogP contribution in [0.25, 0.3) is 0 Å². The summed E-state index contributed by atoms with van der Waals surface area (Å²) in [6, 6.07) is 8.21. The first kappa shape index (κ1) is 17.9. The summed E-state index contributed by atoms with van der Waals surface area (Å²) in [5.41, 5.74) is 6.78. The Morgan fingerprint density at radius 1 is 1.00 bits per heavy atom. The van der Waals surface area contributed by atoms with Crippen molar-refractivity contribution in [3.05, 3.63) is 53.6 Å². The zero-order chi connectivity index (χ0) is 15.6. The molecule has 0 aliphatic carbocycles. The molecule has 0 aliphatic rings. The first-order chi connectivity index (χ1) is 9.76. The largest absolute Gasteiger partial charge is 0.573 e. The minimum atomic E-state index is -4.75. The number of ether oxygens (including phenoxy) is 1. The molecule has 0 fully saturated rings. The predicted octanol–water partition coefficient (Wildman–Crippen LogP) is 3.47. The average Bonchev–Trinajstić information content (AvgIpc) is 2.37. The van der Waals surface area contributed by atoms with E-state index in [4.69, 9.17) is 5.73 Å². The highest BCUT2D eigenvalue weighted by molar-refractivity contribution is 5.85. The molecule has 0 aliphatic heterocycles. The van der Waals surface area contributed by atoms with Gasteiger partial charge in [0.1, 0.15) is 17.2 Å². The maximum Gasteiger partial charge on any atom is 0.573 e. The lowest BCUT2D eigenvalue weighted by Crippen LogP contribution is -2.17. The Balaban J connectivity index is 0.00000242. The van der Waals surface area contributed by atoms with Gasteiger partial charge < -0.3 is 20.7 Å². The molecular formula is C14H13ClF3NO3. The number of alkyl halides is 3. The molecule has 22 heavy (non-hydrogen) atoms. The standard InChI is InChI=1S/C14H12F3NO3.ClH/c15-14(16,17)21-10-4-1-8(2-5-10)13(18)11-6-3-9(19)7-12(11)20;/h1-7,13,19-20H,18H2;1H/t13-;/m0./s1. The number of nitrogens with two attached hydrogens (primary N) is 1. The first-order valence-corrected chi connectivity index (χ1v) is 5.89.